The van der Waals surface area contributed by atoms with Crippen molar-refractivity contribution in [1.82, 2.24) is 0 Å². The molecule has 0 heterocycles. The maximum atomic E-state index is 12.4. The van der Waals surface area contributed by atoms with Crippen LogP contribution in [0.1, 0.15) is 50.5 Å². The normalized spacial score (nSPS) is 10.3. The quantitative estimate of drug-likeness (QED) is 0.588. The lowest BCUT2D eigenvalue weighted by Gasteiger charge is -2.08. The van der Waals surface area contributed by atoms with Gasteiger partial charge < -0.3 is 10.6 Å². The van der Waals surface area contributed by atoms with E-state index in [0.29, 0.717) is 22.4 Å². The molecule has 0 bridgehead atoms. The molecule has 5 nitrogen and oxygen atoms in total. The van der Waals surface area contributed by atoms with Crippen LogP contribution in [-0.4, -0.2) is 17.6 Å². The predicted molar refractivity (Wildman–Crippen MR) is 115 cm³/mol. The van der Waals surface area contributed by atoms with Crippen molar-refractivity contribution in [2.45, 2.75) is 20.3 Å². The summed E-state index contributed by atoms with van der Waals surface area (Å²) in [7, 11) is 0. The van der Waals surface area contributed by atoms with Gasteiger partial charge in [0.2, 0.25) is 0 Å². The Morgan fingerprint density at radius 2 is 1.00 bits per heavy atom. The molecule has 146 valence electrons. The molecule has 29 heavy (non-hydrogen) atoms. The first-order chi connectivity index (χ1) is 14.0. The van der Waals surface area contributed by atoms with Crippen LogP contribution in [0.2, 0.25) is 0 Å². The molecular formula is C24H22N2O3. The molecule has 0 unspecified atom stereocenters. The summed E-state index contributed by atoms with van der Waals surface area (Å²) >= 11 is 0. The van der Waals surface area contributed by atoms with Crippen molar-refractivity contribution in [3.63, 3.8) is 0 Å². The SMILES string of the molecule is CCc1ccc(NC(=O)c2ccc(C(=O)Nc3ccc(C(C)=O)cc3)cc2)cc1. The summed E-state index contributed by atoms with van der Waals surface area (Å²) in [5.41, 5.74) is 4.01. The van der Waals surface area contributed by atoms with Crippen LogP contribution in [0.15, 0.2) is 72.8 Å². The van der Waals surface area contributed by atoms with Gasteiger partial charge in [-0.1, -0.05) is 19.1 Å². The summed E-state index contributed by atoms with van der Waals surface area (Å²) in [5.74, 6) is -0.554. The molecule has 2 N–H and O–H groups in total. The van der Waals surface area contributed by atoms with Crippen LogP contribution in [0.25, 0.3) is 0 Å². The second kappa shape index (κ2) is 8.97. The fourth-order valence-electron chi connectivity index (χ4n) is 2.79. The molecule has 0 spiro atoms. The number of hydrogen-bond donors (Lipinski definition) is 2. The Morgan fingerprint density at radius 3 is 1.38 bits per heavy atom. The van der Waals surface area contributed by atoms with Crippen LogP contribution in [0.5, 0.6) is 0 Å². The Hall–Kier alpha value is -3.73. The van der Waals surface area contributed by atoms with Crippen molar-refractivity contribution >= 4 is 29.0 Å². The van der Waals surface area contributed by atoms with Crippen molar-refractivity contribution in [2.75, 3.05) is 10.6 Å². The van der Waals surface area contributed by atoms with Gasteiger partial charge in [-0.15, -0.1) is 0 Å². The van der Waals surface area contributed by atoms with Gasteiger partial charge in [0.1, 0.15) is 0 Å². The van der Waals surface area contributed by atoms with E-state index in [2.05, 4.69) is 17.6 Å². The zero-order valence-corrected chi connectivity index (χ0v) is 16.4. The highest BCUT2D eigenvalue weighted by molar-refractivity contribution is 6.07. The largest absolute Gasteiger partial charge is 0.322 e. The summed E-state index contributed by atoms with van der Waals surface area (Å²) in [6.07, 6.45) is 0.943. The first-order valence-electron chi connectivity index (χ1n) is 9.39. The lowest BCUT2D eigenvalue weighted by Crippen LogP contribution is -2.14. The minimum Gasteiger partial charge on any atom is -0.322 e. The van der Waals surface area contributed by atoms with Gasteiger partial charge >= 0.3 is 0 Å². The van der Waals surface area contributed by atoms with E-state index in [1.165, 1.54) is 12.5 Å². The van der Waals surface area contributed by atoms with Crippen LogP contribution in [0, 0.1) is 0 Å². The number of nitrogens with one attached hydrogen (secondary N) is 2. The van der Waals surface area contributed by atoms with E-state index in [-0.39, 0.29) is 17.6 Å². The lowest BCUT2D eigenvalue weighted by atomic mass is 10.1. The molecule has 0 aliphatic heterocycles. The molecule has 0 aliphatic rings. The van der Waals surface area contributed by atoms with E-state index < -0.39 is 0 Å². The maximum Gasteiger partial charge on any atom is 0.255 e. The fraction of sp³-hybridized carbons (Fsp3) is 0.125. The smallest absolute Gasteiger partial charge is 0.255 e. The molecule has 0 radical (unpaired) electrons. The minimum atomic E-state index is -0.289. The molecule has 0 atom stereocenters. The Morgan fingerprint density at radius 1 is 0.621 bits per heavy atom. The van der Waals surface area contributed by atoms with E-state index in [1.807, 2.05) is 24.3 Å². The lowest BCUT2D eigenvalue weighted by molar-refractivity contribution is 0.101. The average molecular weight is 386 g/mol. The molecule has 2 amide bonds. The summed E-state index contributed by atoms with van der Waals surface area (Å²) in [6.45, 7) is 3.57. The van der Waals surface area contributed by atoms with Crippen molar-refractivity contribution in [1.29, 1.82) is 0 Å². The third kappa shape index (κ3) is 5.17. The number of Topliss-reactive ketones (excluding diaryl/α,β-unsaturated/α-hetero) is 1. The third-order valence-corrected chi connectivity index (χ3v) is 4.58. The minimum absolute atomic E-state index is 0.0296. The molecule has 3 aromatic rings. The molecule has 0 saturated heterocycles. The van der Waals surface area contributed by atoms with E-state index in [9.17, 15) is 14.4 Å². The second-order valence-corrected chi connectivity index (χ2v) is 6.67. The van der Waals surface area contributed by atoms with E-state index >= 15 is 0 Å². The fourth-order valence-corrected chi connectivity index (χ4v) is 2.79. The number of hydrogen-bond acceptors (Lipinski definition) is 3. The number of carbonyl (C=O) groups excluding carboxylic acids is 3. The highest BCUT2D eigenvalue weighted by atomic mass is 16.2. The Labute approximate surface area is 169 Å². The van der Waals surface area contributed by atoms with Gasteiger partial charge in [0, 0.05) is 28.1 Å². The first kappa shape index (κ1) is 20.0. The molecule has 0 saturated carbocycles. The van der Waals surface area contributed by atoms with Crippen LogP contribution in [-0.2, 0) is 6.42 Å². The standard InChI is InChI=1S/C24H22N2O3/c1-3-17-4-12-21(13-5-17)25-23(28)19-6-8-20(9-7-19)24(29)26-22-14-10-18(11-15-22)16(2)27/h4-15H,3H2,1-2H3,(H,25,28)(H,26,29). The summed E-state index contributed by atoms with van der Waals surface area (Å²) < 4.78 is 0. The number of ketones is 1. The van der Waals surface area contributed by atoms with E-state index in [0.717, 1.165) is 12.1 Å². The number of carbonyl (C=O) groups is 3. The molecular weight excluding hydrogens is 364 g/mol. The number of amides is 2. The van der Waals surface area contributed by atoms with Crippen LogP contribution < -0.4 is 10.6 Å². The third-order valence-electron chi connectivity index (χ3n) is 4.58. The zero-order chi connectivity index (χ0) is 20.8. The average Bonchev–Trinajstić information content (AvgIpc) is 2.74. The van der Waals surface area contributed by atoms with Gasteiger partial charge in [0.25, 0.3) is 11.8 Å². The van der Waals surface area contributed by atoms with Crippen molar-refractivity contribution in [2.24, 2.45) is 0 Å². The van der Waals surface area contributed by atoms with E-state index in [4.69, 9.17) is 0 Å². The maximum absolute atomic E-state index is 12.4. The summed E-state index contributed by atoms with van der Waals surface area (Å²) in [6, 6.07) is 20.8. The molecule has 3 rings (SSSR count). The Kier molecular flexibility index (Phi) is 6.19. The van der Waals surface area contributed by atoms with Crippen molar-refractivity contribution in [3.8, 4) is 0 Å². The highest BCUT2D eigenvalue weighted by Gasteiger charge is 2.10. The highest BCUT2D eigenvalue weighted by Crippen LogP contribution is 2.14. The van der Waals surface area contributed by atoms with Gasteiger partial charge in [0.05, 0.1) is 0 Å². The van der Waals surface area contributed by atoms with Gasteiger partial charge in [-0.05, 0) is 79.6 Å². The number of anilines is 2. The first-order valence-corrected chi connectivity index (χ1v) is 9.39. The number of aryl methyl sites for hydroxylation is 1. The second-order valence-electron chi connectivity index (χ2n) is 6.67. The Bertz CT molecular complexity index is 1020. The predicted octanol–water partition coefficient (Wildman–Crippen LogP) is 4.96. The molecule has 5 heteroatoms. The van der Waals surface area contributed by atoms with Gasteiger partial charge in [0.15, 0.2) is 5.78 Å². The molecule has 0 fully saturated rings. The van der Waals surface area contributed by atoms with Crippen LogP contribution >= 0.6 is 0 Å². The molecule has 3 aromatic carbocycles. The zero-order valence-electron chi connectivity index (χ0n) is 16.4. The van der Waals surface area contributed by atoms with Crippen LogP contribution in [0.4, 0.5) is 11.4 Å². The van der Waals surface area contributed by atoms with Gasteiger partial charge in [-0.3, -0.25) is 14.4 Å². The number of rotatable bonds is 6. The van der Waals surface area contributed by atoms with E-state index in [1.54, 1.807) is 48.5 Å². The summed E-state index contributed by atoms with van der Waals surface area (Å²) in [5, 5.41) is 5.62. The van der Waals surface area contributed by atoms with Gasteiger partial charge in [-0.2, -0.15) is 0 Å². The Balaban J connectivity index is 1.63. The van der Waals surface area contributed by atoms with Gasteiger partial charge in [-0.25, -0.2) is 0 Å². The molecule has 0 aromatic heterocycles. The molecule has 0 aliphatic carbocycles. The van der Waals surface area contributed by atoms with Crippen molar-refractivity contribution in [3.05, 3.63) is 95.1 Å². The monoisotopic (exact) mass is 386 g/mol. The van der Waals surface area contributed by atoms with Crippen molar-refractivity contribution < 1.29 is 14.4 Å². The van der Waals surface area contributed by atoms with Crippen LogP contribution in [0.3, 0.4) is 0 Å². The number of benzene rings is 3. The summed E-state index contributed by atoms with van der Waals surface area (Å²) in [4.78, 5) is 36.1. The topological polar surface area (TPSA) is 75.3 Å².